The predicted octanol–water partition coefficient (Wildman–Crippen LogP) is 1.87. The van der Waals surface area contributed by atoms with Crippen LogP contribution in [0.15, 0.2) is 53.6 Å². The van der Waals surface area contributed by atoms with Crippen molar-refractivity contribution in [2.45, 2.75) is 6.92 Å². The van der Waals surface area contributed by atoms with E-state index in [4.69, 9.17) is 0 Å². The Morgan fingerprint density at radius 1 is 1.00 bits per heavy atom. The summed E-state index contributed by atoms with van der Waals surface area (Å²) in [6.45, 7) is 1.82. The van der Waals surface area contributed by atoms with Crippen molar-refractivity contribution in [2.24, 2.45) is 5.10 Å². The Morgan fingerprint density at radius 3 is 2.32 bits per heavy atom. The van der Waals surface area contributed by atoms with Crippen LogP contribution < -0.4 is 10.7 Å². The number of rotatable bonds is 4. The summed E-state index contributed by atoms with van der Waals surface area (Å²) >= 11 is 0. The maximum atomic E-state index is 11.8. The average molecular weight is 339 g/mol. The number of aryl methyl sites for hydroxylation is 1. The smallest absolute Gasteiger partial charge is 0.337 e. The minimum atomic E-state index is -0.884. The van der Waals surface area contributed by atoms with Crippen molar-refractivity contribution < 1.29 is 19.1 Å². The molecule has 0 unspecified atom stereocenters. The van der Waals surface area contributed by atoms with E-state index >= 15 is 0 Å². The summed E-state index contributed by atoms with van der Waals surface area (Å²) in [6, 6.07) is 13.5. The van der Waals surface area contributed by atoms with Crippen molar-refractivity contribution in [1.82, 2.24) is 5.43 Å². The first kappa shape index (κ1) is 17.9. The van der Waals surface area contributed by atoms with Gasteiger partial charge in [-0.05, 0) is 36.2 Å². The van der Waals surface area contributed by atoms with Gasteiger partial charge in [0.05, 0.1) is 18.9 Å². The molecular weight excluding hydrogens is 322 g/mol. The first-order valence-electron chi connectivity index (χ1n) is 7.39. The van der Waals surface area contributed by atoms with Gasteiger partial charge in [0.1, 0.15) is 0 Å². The number of anilines is 1. The van der Waals surface area contributed by atoms with Crippen molar-refractivity contribution in [1.29, 1.82) is 0 Å². The maximum absolute atomic E-state index is 11.8. The molecule has 7 heteroatoms. The molecule has 2 rings (SSSR count). The molecule has 0 radical (unpaired) electrons. The van der Waals surface area contributed by atoms with Gasteiger partial charge in [0, 0.05) is 5.69 Å². The van der Waals surface area contributed by atoms with E-state index in [1.807, 2.05) is 19.1 Å². The number of ether oxygens (including phenoxy) is 1. The number of carbonyl (C=O) groups excluding carboxylic acids is 3. The number of methoxy groups -OCH3 is 1. The highest BCUT2D eigenvalue weighted by Crippen LogP contribution is 2.12. The molecule has 0 aromatic heterocycles. The molecule has 0 fully saturated rings. The number of hydrazone groups is 1. The van der Waals surface area contributed by atoms with Gasteiger partial charge in [-0.2, -0.15) is 5.10 Å². The lowest BCUT2D eigenvalue weighted by atomic mass is 10.1. The molecule has 0 atom stereocenters. The molecule has 7 nitrogen and oxygen atoms in total. The van der Waals surface area contributed by atoms with Crippen molar-refractivity contribution in [3.05, 3.63) is 65.2 Å². The highest BCUT2D eigenvalue weighted by atomic mass is 16.5. The largest absolute Gasteiger partial charge is 0.465 e. The number of amides is 2. The van der Waals surface area contributed by atoms with Crippen molar-refractivity contribution in [3.63, 3.8) is 0 Å². The van der Waals surface area contributed by atoms with Crippen molar-refractivity contribution in [3.8, 4) is 0 Å². The summed E-state index contributed by atoms with van der Waals surface area (Å²) in [5.74, 6) is -2.14. The standard InChI is InChI=1S/C18H17N3O4/c1-12-5-3-4-6-15(12)20-16(22)17(23)21-19-11-13-7-9-14(10-8-13)18(24)25-2/h3-11H,1-2H3,(H,20,22)(H,21,23)/b19-11-. The summed E-state index contributed by atoms with van der Waals surface area (Å²) in [5, 5.41) is 6.23. The van der Waals surface area contributed by atoms with E-state index in [1.54, 1.807) is 36.4 Å². The molecule has 0 bridgehead atoms. The molecular formula is C18H17N3O4. The molecule has 2 N–H and O–H groups in total. The van der Waals surface area contributed by atoms with Gasteiger partial charge in [0.15, 0.2) is 0 Å². The Kier molecular flexibility index (Phi) is 6.00. The van der Waals surface area contributed by atoms with E-state index in [1.165, 1.54) is 13.3 Å². The summed E-state index contributed by atoms with van der Waals surface area (Å²) in [6.07, 6.45) is 1.36. The average Bonchev–Trinajstić information content (AvgIpc) is 2.63. The highest BCUT2D eigenvalue weighted by Gasteiger charge is 2.13. The monoisotopic (exact) mass is 339 g/mol. The van der Waals surface area contributed by atoms with Crippen LogP contribution in [0.1, 0.15) is 21.5 Å². The number of esters is 1. The van der Waals surface area contributed by atoms with Crippen LogP contribution in [-0.4, -0.2) is 31.1 Å². The molecule has 0 saturated heterocycles. The first-order chi connectivity index (χ1) is 12.0. The SMILES string of the molecule is COC(=O)c1ccc(/C=N\NC(=O)C(=O)Nc2ccccc2C)cc1. The second-order valence-corrected chi connectivity index (χ2v) is 5.08. The second-order valence-electron chi connectivity index (χ2n) is 5.08. The summed E-state index contributed by atoms with van der Waals surface area (Å²) in [4.78, 5) is 34.9. The number of para-hydroxylation sites is 1. The van der Waals surface area contributed by atoms with E-state index < -0.39 is 17.8 Å². The van der Waals surface area contributed by atoms with Crippen molar-refractivity contribution >= 4 is 29.7 Å². The molecule has 0 aliphatic heterocycles. The van der Waals surface area contributed by atoms with Crippen LogP contribution in [0.2, 0.25) is 0 Å². The van der Waals surface area contributed by atoms with Gasteiger partial charge < -0.3 is 10.1 Å². The fraction of sp³-hybridized carbons (Fsp3) is 0.111. The third-order valence-electron chi connectivity index (χ3n) is 3.31. The predicted molar refractivity (Wildman–Crippen MR) is 93.3 cm³/mol. The third-order valence-corrected chi connectivity index (χ3v) is 3.31. The van der Waals surface area contributed by atoms with Crippen LogP contribution in [0.5, 0.6) is 0 Å². The lowest BCUT2D eigenvalue weighted by Crippen LogP contribution is -2.32. The molecule has 0 aliphatic carbocycles. The fourth-order valence-corrected chi connectivity index (χ4v) is 1.93. The first-order valence-corrected chi connectivity index (χ1v) is 7.39. The zero-order chi connectivity index (χ0) is 18.2. The molecule has 128 valence electrons. The zero-order valence-corrected chi connectivity index (χ0v) is 13.8. The van der Waals surface area contributed by atoms with Gasteiger partial charge in [-0.3, -0.25) is 9.59 Å². The third kappa shape index (κ3) is 5.00. The fourth-order valence-electron chi connectivity index (χ4n) is 1.93. The van der Waals surface area contributed by atoms with Gasteiger partial charge in [-0.1, -0.05) is 30.3 Å². The molecule has 2 aromatic rings. The van der Waals surface area contributed by atoms with Crippen LogP contribution in [-0.2, 0) is 14.3 Å². The lowest BCUT2D eigenvalue weighted by molar-refractivity contribution is -0.136. The van der Waals surface area contributed by atoms with E-state index in [-0.39, 0.29) is 0 Å². The van der Waals surface area contributed by atoms with Crippen molar-refractivity contribution in [2.75, 3.05) is 12.4 Å². The molecule has 2 aromatic carbocycles. The number of nitrogens with one attached hydrogen (secondary N) is 2. The lowest BCUT2D eigenvalue weighted by Gasteiger charge is -2.06. The van der Waals surface area contributed by atoms with Crippen LogP contribution in [0.3, 0.4) is 0 Å². The Morgan fingerprint density at radius 2 is 1.68 bits per heavy atom. The maximum Gasteiger partial charge on any atom is 0.337 e. The van der Waals surface area contributed by atoms with Crippen LogP contribution in [0.25, 0.3) is 0 Å². The van der Waals surface area contributed by atoms with Crippen LogP contribution in [0.4, 0.5) is 5.69 Å². The molecule has 2 amide bonds. The number of hydrogen-bond acceptors (Lipinski definition) is 5. The van der Waals surface area contributed by atoms with Gasteiger partial charge in [0.25, 0.3) is 0 Å². The van der Waals surface area contributed by atoms with E-state index in [2.05, 4.69) is 20.6 Å². The summed E-state index contributed by atoms with van der Waals surface area (Å²) in [5.41, 5.74) is 4.60. The quantitative estimate of drug-likeness (QED) is 0.385. The van der Waals surface area contributed by atoms with Gasteiger partial charge >= 0.3 is 17.8 Å². The molecule has 0 heterocycles. The topological polar surface area (TPSA) is 96.9 Å². The zero-order valence-electron chi connectivity index (χ0n) is 13.8. The highest BCUT2D eigenvalue weighted by molar-refractivity contribution is 6.39. The van der Waals surface area contributed by atoms with Gasteiger partial charge in [0.2, 0.25) is 0 Å². The summed E-state index contributed by atoms with van der Waals surface area (Å²) < 4.78 is 4.60. The number of nitrogens with zero attached hydrogens (tertiary/aromatic N) is 1. The van der Waals surface area contributed by atoms with Gasteiger partial charge in [-0.15, -0.1) is 0 Å². The van der Waals surface area contributed by atoms with E-state index in [9.17, 15) is 14.4 Å². The Balaban J connectivity index is 1.90. The molecule has 0 saturated carbocycles. The Bertz CT molecular complexity index is 813. The Labute approximate surface area is 144 Å². The normalized spacial score (nSPS) is 10.3. The van der Waals surface area contributed by atoms with Crippen LogP contribution in [0, 0.1) is 6.92 Å². The van der Waals surface area contributed by atoms with E-state index in [0.717, 1.165) is 5.56 Å². The number of benzene rings is 2. The Hall–Kier alpha value is -3.48. The number of carbonyl (C=O) groups is 3. The van der Waals surface area contributed by atoms with Gasteiger partial charge in [-0.25, -0.2) is 10.2 Å². The summed E-state index contributed by atoms with van der Waals surface area (Å²) in [7, 11) is 1.30. The molecule has 0 spiro atoms. The number of hydrogen-bond donors (Lipinski definition) is 2. The molecule has 25 heavy (non-hydrogen) atoms. The van der Waals surface area contributed by atoms with Crippen LogP contribution >= 0.6 is 0 Å². The van der Waals surface area contributed by atoms with E-state index in [0.29, 0.717) is 16.8 Å². The molecule has 0 aliphatic rings. The second kappa shape index (κ2) is 8.39. The minimum absolute atomic E-state index is 0.404. The minimum Gasteiger partial charge on any atom is -0.465 e.